The van der Waals surface area contributed by atoms with Gasteiger partial charge in [-0.05, 0) is 18.6 Å². The summed E-state index contributed by atoms with van der Waals surface area (Å²) >= 11 is 0. The Labute approximate surface area is 142 Å². The number of fused-ring (bicyclic) bond motifs is 1. The molecule has 6 heteroatoms. The molecule has 5 nitrogen and oxygen atoms in total. The zero-order valence-electron chi connectivity index (χ0n) is 13.7. The van der Waals surface area contributed by atoms with E-state index in [1.165, 1.54) is 9.87 Å². The lowest BCUT2D eigenvalue weighted by molar-refractivity contribution is 0.462. The Morgan fingerprint density at radius 3 is 2.54 bits per heavy atom. The van der Waals surface area contributed by atoms with Crippen molar-refractivity contribution in [2.45, 2.75) is 18.7 Å². The average molecular weight is 341 g/mol. The van der Waals surface area contributed by atoms with Crippen LogP contribution in [0.4, 0.5) is 0 Å². The van der Waals surface area contributed by atoms with Crippen LogP contribution >= 0.6 is 0 Å². The summed E-state index contributed by atoms with van der Waals surface area (Å²) in [7, 11) is -3.45. The van der Waals surface area contributed by atoms with E-state index in [2.05, 4.69) is 10.2 Å². The predicted molar refractivity (Wildman–Crippen MR) is 96.2 cm³/mol. The molecular formula is C18H19N3O2S. The normalized spacial score (nSPS) is 18.8. The van der Waals surface area contributed by atoms with E-state index in [9.17, 15) is 8.42 Å². The molecule has 2 aromatic carbocycles. The fourth-order valence-corrected chi connectivity index (χ4v) is 4.22. The Bertz CT molecular complexity index is 900. The minimum Gasteiger partial charge on any atom is -0.207 e. The number of sulfonamides is 1. The second-order valence-corrected chi connectivity index (χ2v) is 7.54. The van der Waals surface area contributed by atoms with Gasteiger partial charge in [0.2, 0.25) is 10.0 Å². The van der Waals surface area contributed by atoms with Gasteiger partial charge in [0.05, 0.1) is 23.4 Å². The first kappa shape index (κ1) is 16.5. The second-order valence-electron chi connectivity index (χ2n) is 5.63. The van der Waals surface area contributed by atoms with E-state index in [0.717, 1.165) is 5.56 Å². The summed E-state index contributed by atoms with van der Waals surface area (Å²) in [6.07, 6.45) is 1.68. The molecular weight excluding hydrogens is 322 g/mol. The minimum atomic E-state index is -3.45. The number of hydrogen-bond donors (Lipinski definition) is 0. The Hall–Kier alpha value is -2.31. The number of rotatable bonds is 3. The number of nitrogens with zero attached hydrogens (tertiary/aromatic N) is 3. The van der Waals surface area contributed by atoms with Gasteiger partial charge in [0.15, 0.2) is 0 Å². The molecule has 0 unspecified atom stereocenters. The first-order valence-electron chi connectivity index (χ1n) is 7.78. The zero-order chi connectivity index (χ0) is 17.2. The molecule has 24 heavy (non-hydrogen) atoms. The Balaban J connectivity index is 1.97. The highest BCUT2D eigenvalue weighted by molar-refractivity contribution is 7.89. The van der Waals surface area contributed by atoms with Crippen molar-refractivity contribution in [1.29, 1.82) is 0 Å². The van der Waals surface area contributed by atoms with Crippen LogP contribution in [0.2, 0.25) is 0 Å². The van der Waals surface area contributed by atoms with Crippen LogP contribution in [0.15, 0.2) is 63.6 Å². The lowest BCUT2D eigenvalue weighted by atomic mass is 10.1. The molecule has 0 N–H and O–H groups in total. The van der Waals surface area contributed by atoms with Gasteiger partial charge in [0, 0.05) is 12.1 Å². The maximum absolute atomic E-state index is 12.5. The molecule has 0 radical (unpaired) electrons. The molecule has 1 aliphatic heterocycles. The van der Waals surface area contributed by atoms with Gasteiger partial charge in [-0.2, -0.15) is 14.5 Å². The molecule has 0 saturated carbocycles. The monoisotopic (exact) mass is 341 g/mol. The Morgan fingerprint density at radius 1 is 1.12 bits per heavy atom. The van der Waals surface area contributed by atoms with Crippen molar-refractivity contribution < 1.29 is 8.42 Å². The van der Waals surface area contributed by atoms with E-state index >= 15 is 0 Å². The van der Waals surface area contributed by atoms with E-state index < -0.39 is 10.0 Å². The van der Waals surface area contributed by atoms with E-state index in [0.29, 0.717) is 22.7 Å². The molecule has 1 aliphatic rings. The number of hydrogen-bond acceptors (Lipinski definition) is 4. The van der Waals surface area contributed by atoms with Crippen molar-refractivity contribution in [1.82, 2.24) is 4.31 Å². The van der Waals surface area contributed by atoms with Gasteiger partial charge >= 0.3 is 0 Å². The molecule has 0 saturated heterocycles. The quantitative estimate of drug-likeness (QED) is 0.636. The van der Waals surface area contributed by atoms with Crippen molar-refractivity contribution in [2.24, 2.45) is 10.2 Å². The van der Waals surface area contributed by atoms with E-state index in [1.807, 2.05) is 44.2 Å². The van der Waals surface area contributed by atoms with Crippen LogP contribution in [-0.4, -0.2) is 37.7 Å². The van der Waals surface area contributed by atoms with Crippen molar-refractivity contribution in [2.75, 3.05) is 13.1 Å². The summed E-state index contributed by atoms with van der Waals surface area (Å²) in [5.74, 6) is 0. The molecule has 124 valence electrons. The summed E-state index contributed by atoms with van der Waals surface area (Å²) in [5.41, 5.74) is 3.42. The molecule has 3 rings (SSSR count). The average Bonchev–Trinajstić information content (AvgIpc) is 2.59. The summed E-state index contributed by atoms with van der Waals surface area (Å²) in [5, 5.41) is 8.44. The minimum absolute atomic E-state index is 0.237. The highest BCUT2D eigenvalue weighted by Gasteiger charge is 2.33. The highest BCUT2D eigenvalue weighted by Crippen LogP contribution is 2.26. The number of aryl methyl sites for hydroxylation is 1. The fraction of sp³-hybridized carbons (Fsp3) is 0.222. The molecule has 0 spiro atoms. The third kappa shape index (κ3) is 3.16. The van der Waals surface area contributed by atoms with E-state index in [1.54, 1.807) is 24.4 Å². The Morgan fingerprint density at radius 2 is 1.83 bits per heavy atom. The van der Waals surface area contributed by atoms with Crippen molar-refractivity contribution >= 4 is 21.9 Å². The predicted octanol–water partition coefficient (Wildman–Crippen LogP) is 2.84. The molecule has 0 fully saturated rings. The largest absolute Gasteiger partial charge is 0.244 e. The summed E-state index contributed by atoms with van der Waals surface area (Å²) in [6, 6.07) is 14.9. The van der Waals surface area contributed by atoms with Gasteiger partial charge in [0.25, 0.3) is 0 Å². The summed E-state index contributed by atoms with van der Waals surface area (Å²) < 4.78 is 26.5. The van der Waals surface area contributed by atoms with Crippen LogP contribution in [0.3, 0.4) is 0 Å². The maximum atomic E-state index is 12.5. The van der Waals surface area contributed by atoms with Crippen LogP contribution in [-0.2, 0) is 10.0 Å². The van der Waals surface area contributed by atoms with Gasteiger partial charge in [-0.15, -0.1) is 0 Å². The number of likely N-dealkylation sites (N-methyl/N-ethyl adjacent to an activating group) is 1. The van der Waals surface area contributed by atoms with Gasteiger partial charge in [0.1, 0.15) is 0 Å². The van der Waals surface area contributed by atoms with Crippen LogP contribution in [0, 0.1) is 6.92 Å². The molecule has 0 amide bonds. The molecule has 0 aliphatic carbocycles. The van der Waals surface area contributed by atoms with Crippen LogP contribution in [0.5, 0.6) is 0 Å². The van der Waals surface area contributed by atoms with Crippen molar-refractivity contribution in [3.05, 3.63) is 65.2 Å². The highest BCUT2D eigenvalue weighted by atomic mass is 32.2. The lowest BCUT2D eigenvalue weighted by Gasteiger charge is -2.27. The van der Waals surface area contributed by atoms with Crippen LogP contribution in [0.25, 0.3) is 0 Å². The molecule has 2 aromatic rings. The van der Waals surface area contributed by atoms with Gasteiger partial charge in [-0.3, -0.25) is 0 Å². The maximum Gasteiger partial charge on any atom is 0.244 e. The molecule has 0 bridgehead atoms. The van der Waals surface area contributed by atoms with E-state index in [4.69, 9.17) is 0 Å². The Kier molecular flexibility index (Phi) is 4.59. The zero-order valence-corrected chi connectivity index (χ0v) is 14.5. The molecule has 0 aromatic heterocycles. The van der Waals surface area contributed by atoms with Crippen molar-refractivity contribution in [3.8, 4) is 0 Å². The standard InChI is InChI=1S/C18H19N3O2S/c1-3-21-13-17(16-6-4-5-7-18(16)24(21,22)23)20-19-12-15-10-8-14(2)9-11-15/h4-12H,3,13H2,1-2H3/b19-12+,20-17+. The summed E-state index contributed by atoms with van der Waals surface area (Å²) in [4.78, 5) is 0.294. The lowest BCUT2D eigenvalue weighted by Crippen LogP contribution is -2.40. The smallest absolute Gasteiger partial charge is 0.207 e. The first-order valence-corrected chi connectivity index (χ1v) is 9.22. The molecule has 0 atom stereocenters. The van der Waals surface area contributed by atoms with Crippen LogP contribution in [0.1, 0.15) is 23.6 Å². The van der Waals surface area contributed by atoms with Crippen molar-refractivity contribution in [3.63, 3.8) is 0 Å². The van der Waals surface area contributed by atoms with Gasteiger partial charge in [-0.1, -0.05) is 55.0 Å². The third-order valence-electron chi connectivity index (χ3n) is 3.96. The third-order valence-corrected chi connectivity index (χ3v) is 5.94. The fourth-order valence-electron chi connectivity index (χ4n) is 2.59. The SMILES string of the molecule is CCN1C/C(=N\N=C\c2ccc(C)cc2)c2ccccc2S1(=O)=O. The topological polar surface area (TPSA) is 62.1 Å². The van der Waals surface area contributed by atoms with Crippen LogP contribution < -0.4 is 0 Å². The first-order chi connectivity index (χ1) is 11.5. The van der Waals surface area contributed by atoms with E-state index in [-0.39, 0.29) is 6.54 Å². The number of benzene rings is 2. The molecule has 1 heterocycles. The second kappa shape index (κ2) is 6.67. The van der Waals surface area contributed by atoms with Gasteiger partial charge < -0.3 is 0 Å². The summed E-state index contributed by atoms with van der Waals surface area (Å²) in [6.45, 7) is 4.48. The van der Waals surface area contributed by atoms with Gasteiger partial charge in [-0.25, -0.2) is 8.42 Å².